The van der Waals surface area contributed by atoms with Gasteiger partial charge in [0.05, 0.1) is 17.8 Å². The minimum atomic E-state index is 0.344. The molecular formula is C12H15NO2. The highest BCUT2D eigenvalue weighted by Crippen LogP contribution is 2.43. The number of hydrogen-bond acceptors (Lipinski definition) is 2. The molecule has 1 saturated carbocycles. The first-order valence-corrected chi connectivity index (χ1v) is 5.64. The van der Waals surface area contributed by atoms with Crippen LogP contribution in [-0.2, 0) is 4.74 Å². The zero-order valence-electron chi connectivity index (χ0n) is 8.63. The van der Waals surface area contributed by atoms with E-state index >= 15 is 0 Å². The molecule has 1 aliphatic heterocycles. The van der Waals surface area contributed by atoms with E-state index in [-0.39, 0.29) is 0 Å². The topological polar surface area (TPSA) is 31.2 Å². The van der Waals surface area contributed by atoms with Gasteiger partial charge in [0.25, 0.3) is 0 Å². The normalized spacial score (nSPS) is 30.7. The van der Waals surface area contributed by atoms with Crippen LogP contribution in [0.15, 0.2) is 18.3 Å². The van der Waals surface area contributed by atoms with Crippen molar-refractivity contribution >= 4 is 6.29 Å². The van der Waals surface area contributed by atoms with Crippen molar-refractivity contribution in [2.24, 2.45) is 5.92 Å². The van der Waals surface area contributed by atoms with Crippen LogP contribution in [0, 0.1) is 5.92 Å². The second-order valence-corrected chi connectivity index (χ2v) is 4.49. The number of aromatic nitrogens is 1. The first kappa shape index (κ1) is 9.16. The van der Waals surface area contributed by atoms with Gasteiger partial charge in [-0.3, -0.25) is 4.79 Å². The monoisotopic (exact) mass is 205 g/mol. The Hall–Kier alpha value is -1.09. The third-order valence-electron chi connectivity index (χ3n) is 3.48. The van der Waals surface area contributed by atoms with Crippen LogP contribution in [0.1, 0.15) is 35.8 Å². The quantitative estimate of drug-likeness (QED) is 0.707. The number of carbonyl (C=O) groups excluding carboxylic acids is 1. The van der Waals surface area contributed by atoms with Crippen LogP contribution in [0.25, 0.3) is 0 Å². The summed E-state index contributed by atoms with van der Waals surface area (Å²) in [6.07, 6.45) is 6.89. The fourth-order valence-corrected chi connectivity index (χ4v) is 2.58. The van der Waals surface area contributed by atoms with Crippen molar-refractivity contribution in [3.63, 3.8) is 0 Å². The van der Waals surface area contributed by atoms with Crippen molar-refractivity contribution in [2.75, 3.05) is 6.61 Å². The highest BCUT2D eigenvalue weighted by molar-refractivity contribution is 5.72. The van der Waals surface area contributed by atoms with Crippen LogP contribution in [0.5, 0.6) is 0 Å². The average molecular weight is 205 g/mol. The fraction of sp³-hybridized carbons (Fsp3) is 0.583. The summed E-state index contributed by atoms with van der Waals surface area (Å²) in [6.45, 7) is 0.836. The number of ether oxygens (including phenoxy) is 1. The minimum absolute atomic E-state index is 0.344. The molecule has 2 unspecified atom stereocenters. The summed E-state index contributed by atoms with van der Waals surface area (Å²) in [5, 5.41) is 0. The van der Waals surface area contributed by atoms with Gasteiger partial charge in [-0.05, 0) is 37.3 Å². The molecule has 2 atom stereocenters. The average Bonchev–Trinajstić information content (AvgIpc) is 2.83. The Morgan fingerprint density at radius 1 is 1.40 bits per heavy atom. The van der Waals surface area contributed by atoms with E-state index in [9.17, 15) is 4.79 Å². The Morgan fingerprint density at radius 3 is 3.00 bits per heavy atom. The summed E-state index contributed by atoms with van der Waals surface area (Å²) >= 11 is 0. The van der Waals surface area contributed by atoms with E-state index in [1.165, 1.54) is 12.8 Å². The predicted octanol–water partition coefficient (Wildman–Crippen LogP) is 2.04. The van der Waals surface area contributed by atoms with Crippen molar-refractivity contribution in [3.05, 3.63) is 24.0 Å². The Kier molecular flexibility index (Phi) is 2.13. The lowest BCUT2D eigenvalue weighted by Crippen LogP contribution is -2.22. The molecule has 2 fully saturated rings. The molecule has 0 aromatic carbocycles. The van der Waals surface area contributed by atoms with Crippen molar-refractivity contribution in [3.8, 4) is 0 Å². The van der Waals surface area contributed by atoms with Crippen molar-refractivity contribution < 1.29 is 9.53 Å². The van der Waals surface area contributed by atoms with Gasteiger partial charge in [-0.15, -0.1) is 0 Å². The minimum Gasteiger partial charge on any atom is -0.376 e. The van der Waals surface area contributed by atoms with Crippen LogP contribution < -0.4 is 0 Å². The lowest BCUT2D eigenvalue weighted by Gasteiger charge is -2.20. The van der Waals surface area contributed by atoms with Crippen LogP contribution in [0.4, 0.5) is 0 Å². The number of aldehydes is 1. The smallest absolute Gasteiger partial charge is 0.166 e. The van der Waals surface area contributed by atoms with Gasteiger partial charge in [0.2, 0.25) is 0 Å². The van der Waals surface area contributed by atoms with Gasteiger partial charge in [-0.25, -0.2) is 0 Å². The molecule has 2 aliphatic rings. The van der Waals surface area contributed by atoms with Crippen molar-refractivity contribution in [1.29, 1.82) is 0 Å². The van der Waals surface area contributed by atoms with E-state index in [2.05, 4.69) is 4.57 Å². The molecule has 15 heavy (non-hydrogen) atoms. The van der Waals surface area contributed by atoms with Gasteiger partial charge < -0.3 is 9.30 Å². The molecule has 1 aromatic rings. The molecule has 0 radical (unpaired) electrons. The van der Waals surface area contributed by atoms with E-state index in [0.29, 0.717) is 12.1 Å². The van der Waals surface area contributed by atoms with E-state index < -0.39 is 0 Å². The maximum Gasteiger partial charge on any atom is 0.166 e. The van der Waals surface area contributed by atoms with Crippen LogP contribution in [0.2, 0.25) is 0 Å². The second-order valence-electron chi connectivity index (χ2n) is 4.49. The van der Waals surface area contributed by atoms with E-state index in [4.69, 9.17) is 4.74 Å². The highest BCUT2D eigenvalue weighted by atomic mass is 16.5. The third kappa shape index (κ3) is 1.51. The molecule has 0 bridgehead atoms. The Balaban J connectivity index is 1.88. The van der Waals surface area contributed by atoms with Crippen LogP contribution in [0.3, 0.4) is 0 Å². The molecule has 80 valence electrons. The molecule has 3 rings (SSSR count). The third-order valence-corrected chi connectivity index (χ3v) is 3.48. The second kappa shape index (κ2) is 3.49. The molecule has 0 amide bonds. The zero-order valence-corrected chi connectivity index (χ0v) is 8.63. The first-order chi connectivity index (χ1) is 7.40. The highest BCUT2D eigenvalue weighted by Gasteiger charge is 2.41. The van der Waals surface area contributed by atoms with Crippen molar-refractivity contribution in [1.82, 2.24) is 4.57 Å². The first-order valence-electron chi connectivity index (χ1n) is 5.64. The SMILES string of the molecule is O=Cc1cccn1C1CCOC1C1CC1. The summed E-state index contributed by atoms with van der Waals surface area (Å²) in [5.41, 5.74) is 0.774. The van der Waals surface area contributed by atoms with Crippen molar-refractivity contribution in [2.45, 2.75) is 31.4 Å². The van der Waals surface area contributed by atoms with E-state index in [1.54, 1.807) is 0 Å². The molecule has 0 spiro atoms. The molecule has 1 saturated heterocycles. The summed E-state index contributed by atoms with van der Waals surface area (Å²) < 4.78 is 7.86. The number of carbonyl (C=O) groups is 1. The van der Waals surface area contributed by atoms with Crippen LogP contribution >= 0.6 is 0 Å². The van der Waals surface area contributed by atoms with Gasteiger partial charge in [0.15, 0.2) is 6.29 Å². The number of hydrogen-bond donors (Lipinski definition) is 0. The Morgan fingerprint density at radius 2 is 2.27 bits per heavy atom. The maximum atomic E-state index is 10.9. The molecule has 1 aromatic heterocycles. The standard InChI is InChI=1S/C12H15NO2/c14-8-10-2-1-6-13(10)11-5-7-15-12(11)9-3-4-9/h1-2,6,8-9,11-12H,3-5,7H2. The van der Waals surface area contributed by atoms with E-state index in [1.807, 2.05) is 18.3 Å². The zero-order chi connectivity index (χ0) is 10.3. The summed E-state index contributed by atoms with van der Waals surface area (Å²) in [6, 6.07) is 4.19. The molecular weight excluding hydrogens is 190 g/mol. The number of rotatable bonds is 3. The largest absolute Gasteiger partial charge is 0.376 e. The van der Waals surface area contributed by atoms with Gasteiger partial charge in [-0.2, -0.15) is 0 Å². The van der Waals surface area contributed by atoms with Gasteiger partial charge in [0.1, 0.15) is 0 Å². The van der Waals surface area contributed by atoms with E-state index in [0.717, 1.165) is 30.9 Å². The number of nitrogens with zero attached hydrogens (tertiary/aromatic N) is 1. The Bertz CT molecular complexity index is 367. The Labute approximate surface area is 89.0 Å². The molecule has 3 nitrogen and oxygen atoms in total. The fourth-order valence-electron chi connectivity index (χ4n) is 2.58. The lowest BCUT2D eigenvalue weighted by atomic mass is 10.1. The summed E-state index contributed by atoms with van der Waals surface area (Å²) in [5.74, 6) is 0.736. The summed E-state index contributed by atoms with van der Waals surface area (Å²) in [7, 11) is 0. The van der Waals surface area contributed by atoms with Gasteiger partial charge >= 0.3 is 0 Å². The maximum absolute atomic E-state index is 10.9. The summed E-state index contributed by atoms with van der Waals surface area (Å²) in [4.78, 5) is 10.9. The molecule has 1 aliphatic carbocycles. The molecule has 3 heteroatoms. The molecule has 2 heterocycles. The van der Waals surface area contributed by atoms with Gasteiger partial charge in [0, 0.05) is 12.8 Å². The lowest BCUT2D eigenvalue weighted by molar-refractivity contribution is 0.0745. The molecule has 0 N–H and O–H groups in total. The van der Waals surface area contributed by atoms with Crippen LogP contribution in [-0.4, -0.2) is 23.6 Å². The van der Waals surface area contributed by atoms with Gasteiger partial charge in [-0.1, -0.05) is 0 Å². The predicted molar refractivity (Wildman–Crippen MR) is 55.9 cm³/mol.